The van der Waals surface area contributed by atoms with Gasteiger partial charge in [0.1, 0.15) is 36.6 Å². The summed E-state index contributed by atoms with van der Waals surface area (Å²) in [5.74, 6) is -2.52. The molecule has 0 spiro atoms. The minimum atomic E-state index is -5.29. The molecule has 1 amide bonds. The highest BCUT2D eigenvalue weighted by molar-refractivity contribution is 7.80. The fourth-order valence-electron chi connectivity index (χ4n) is 3.18. The monoisotopic (exact) mass is 477 g/mol. The minimum absolute atomic E-state index is 0.731. The maximum absolute atomic E-state index is 11.5. The average molecular weight is 477 g/mol. The van der Waals surface area contributed by atoms with Crippen molar-refractivity contribution in [1.82, 2.24) is 5.32 Å². The second-order valence-corrected chi connectivity index (χ2v) is 7.85. The van der Waals surface area contributed by atoms with Gasteiger partial charge < -0.3 is 50.2 Å². The fraction of sp³-hybridized carbons (Fsp3) is 0.857. The van der Waals surface area contributed by atoms with Gasteiger partial charge in [0.05, 0.1) is 6.61 Å². The van der Waals surface area contributed by atoms with Crippen molar-refractivity contribution in [3.8, 4) is 0 Å². The molecular weight excluding hydrogens is 454 g/mol. The van der Waals surface area contributed by atoms with E-state index < -0.39 is 90.2 Å². The second kappa shape index (κ2) is 9.96. The third-order valence-electron chi connectivity index (χ3n) is 4.56. The van der Waals surface area contributed by atoms with Crippen LogP contribution in [0.1, 0.15) is 6.92 Å². The maximum atomic E-state index is 11.5. The van der Waals surface area contributed by atoms with Gasteiger partial charge in [-0.1, -0.05) is 0 Å². The first kappa shape index (κ1) is 25.7. The van der Waals surface area contributed by atoms with Crippen LogP contribution in [0.2, 0.25) is 0 Å². The van der Waals surface area contributed by atoms with Crippen LogP contribution in [0.5, 0.6) is 0 Å². The normalized spacial score (nSPS) is 41.5. The van der Waals surface area contributed by atoms with E-state index >= 15 is 0 Å². The van der Waals surface area contributed by atoms with Crippen LogP contribution in [-0.2, 0) is 38.4 Å². The van der Waals surface area contributed by atoms with Gasteiger partial charge in [0, 0.05) is 6.92 Å². The average Bonchev–Trinajstić information content (AvgIpc) is 2.64. The minimum Gasteiger partial charge on any atom is -0.479 e. The topological polar surface area (TPSA) is 259 Å². The summed E-state index contributed by atoms with van der Waals surface area (Å²) in [6.07, 6.45) is -17.9. The van der Waals surface area contributed by atoms with Crippen LogP contribution in [0, 0.1) is 0 Å². The van der Waals surface area contributed by atoms with Gasteiger partial charge in [-0.05, 0) is 0 Å². The van der Waals surface area contributed by atoms with Crippen LogP contribution in [0.15, 0.2) is 0 Å². The van der Waals surface area contributed by atoms with E-state index in [1.165, 1.54) is 0 Å². The zero-order chi connectivity index (χ0) is 23.7. The SMILES string of the molecule is CC(=O)N[C@H]1C(O)O[C@H](CO)[C@H](O)[C@@H]1O[C@@H]1O[C@H](C(=O)O)[C@@H](O)[C@H](O)[C@H]1OS(=O)(=O)O. The van der Waals surface area contributed by atoms with Crippen molar-refractivity contribution in [2.75, 3.05) is 6.61 Å². The lowest BCUT2D eigenvalue weighted by Crippen LogP contribution is -2.68. The first-order valence-electron chi connectivity index (χ1n) is 8.72. The van der Waals surface area contributed by atoms with E-state index in [0.717, 1.165) is 6.92 Å². The first-order chi connectivity index (χ1) is 14.3. The Morgan fingerprint density at radius 2 is 1.65 bits per heavy atom. The summed E-state index contributed by atoms with van der Waals surface area (Å²) < 4.78 is 50.7. The van der Waals surface area contributed by atoms with E-state index in [4.69, 9.17) is 23.9 Å². The third kappa shape index (κ3) is 6.05. The van der Waals surface area contributed by atoms with E-state index in [1.54, 1.807) is 0 Å². The lowest BCUT2D eigenvalue weighted by molar-refractivity contribution is -0.333. The molecule has 2 rings (SSSR count). The van der Waals surface area contributed by atoms with E-state index in [2.05, 4.69) is 9.50 Å². The molecule has 1 unspecified atom stereocenters. The van der Waals surface area contributed by atoms with E-state index in [-0.39, 0.29) is 0 Å². The van der Waals surface area contributed by atoms with Crippen LogP contribution in [-0.4, -0.2) is 123 Å². The van der Waals surface area contributed by atoms with Crippen LogP contribution < -0.4 is 5.32 Å². The van der Waals surface area contributed by atoms with Gasteiger partial charge in [-0.2, -0.15) is 8.42 Å². The van der Waals surface area contributed by atoms with Crippen LogP contribution >= 0.6 is 0 Å². The Morgan fingerprint density at radius 3 is 2.13 bits per heavy atom. The summed E-state index contributed by atoms with van der Waals surface area (Å²) >= 11 is 0. The number of carboxylic acid groups (broad SMARTS) is 1. The van der Waals surface area contributed by atoms with Gasteiger partial charge in [0.25, 0.3) is 0 Å². The number of carboxylic acids is 1. The number of rotatable bonds is 7. The number of carbonyl (C=O) groups is 2. The molecule has 10 atom stereocenters. The van der Waals surface area contributed by atoms with Gasteiger partial charge >= 0.3 is 16.4 Å². The molecule has 2 aliphatic rings. The molecule has 0 saturated carbocycles. The zero-order valence-electron chi connectivity index (χ0n) is 15.8. The van der Waals surface area contributed by atoms with Crippen molar-refractivity contribution in [2.45, 2.75) is 68.3 Å². The van der Waals surface area contributed by atoms with E-state index in [0.29, 0.717) is 0 Å². The van der Waals surface area contributed by atoms with Gasteiger partial charge in [-0.3, -0.25) is 9.35 Å². The standard InChI is InChI=1S/C14H23NO15S/c1-3(17)15-5-9(6(18)4(2-16)27-13(5)23)28-14-11(30-31(24,25)26)8(20)7(19)10(29-14)12(21)22/h4-11,13-14,16,18-20,23H,2H2,1H3,(H,15,17)(H,21,22)(H,24,25,26)/t4-,5-,6+,7+,8+,9-,10+,11-,13?,14-/m1/s1. The van der Waals surface area contributed by atoms with Gasteiger partial charge in [0.2, 0.25) is 5.91 Å². The molecule has 0 aromatic rings. The second-order valence-electron chi connectivity index (χ2n) is 6.80. The zero-order valence-corrected chi connectivity index (χ0v) is 16.6. The van der Waals surface area contributed by atoms with E-state index in [1.807, 2.05) is 0 Å². The fourth-order valence-corrected chi connectivity index (χ4v) is 3.67. The number of nitrogens with one attached hydrogen (secondary N) is 1. The van der Waals surface area contributed by atoms with Crippen molar-refractivity contribution >= 4 is 22.3 Å². The summed E-state index contributed by atoms with van der Waals surface area (Å²) in [5.41, 5.74) is 0. The Kier molecular flexibility index (Phi) is 8.27. The lowest BCUT2D eigenvalue weighted by atomic mass is 9.95. The molecule has 0 aromatic heterocycles. The highest BCUT2D eigenvalue weighted by Gasteiger charge is 2.54. The predicted octanol–water partition coefficient (Wildman–Crippen LogP) is -5.33. The molecule has 2 saturated heterocycles. The molecular formula is C14H23NO15S. The van der Waals surface area contributed by atoms with Crippen LogP contribution in [0.25, 0.3) is 0 Å². The van der Waals surface area contributed by atoms with E-state index in [9.17, 15) is 43.5 Å². The number of aliphatic hydroxyl groups excluding tert-OH is 5. The smallest absolute Gasteiger partial charge is 0.397 e. The molecule has 180 valence electrons. The summed E-state index contributed by atoms with van der Waals surface area (Å²) in [4.78, 5) is 22.8. The Labute approximate surface area is 174 Å². The van der Waals surface area contributed by atoms with Crippen LogP contribution in [0.4, 0.5) is 0 Å². The Morgan fingerprint density at radius 1 is 1.03 bits per heavy atom. The van der Waals surface area contributed by atoms with Gasteiger partial charge in [0.15, 0.2) is 24.8 Å². The largest absolute Gasteiger partial charge is 0.479 e. The molecule has 17 heteroatoms. The van der Waals surface area contributed by atoms with Crippen molar-refractivity contribution in [3.05, 3.63) is 0 Å². The highest BCUT2D eigenvalue weighted by Crippen LogP contribution is 2.30. The number of ether oxygens (including phenoxy) is 3. The predicted molar refractivity (Wildman–Crippen MR) is 91.2 cm³/mol. The first-order valence-corrected chi connectivity index (χ1v) is 10.1. The van der Waals surface area contributed by atoms with Crippen molar-refractivity contribution < 1.29 is 71.6 Å². The van der Waals surface area contributed by atoms with Crippen LogP contribution in [0.3, 0.4) is 0 Å². The van der Waals surface area contributed by atoms with Crippen molar-refractivity contribution in [3.63, 3.8) is 0 Å². The Hall–Kier alpha value is -1.51. The number of carbonyl (C=O) groups excluding carboxylic acids is 1. The summed E-state index contributed by atoms with van der Waals surface area (Å²) in [5, 5.41) is 61.2. The number of hydrogen-bond acceptors (Lipinski definition) is 13. The maximum Gasteiger partial charge on any atom is 0.397 e. The van der Waals surface area contributed by atoms with Gasteiger partial charge in [-0.15, -0.1) is 0 Å². The Balaban J connectivity index is 2.40. The molecule has 0 bridgehead atoms. The number of aliphatic hydroxyl groups is 5. The van der Waals surface area contributed by atoms with Gasteiger partial charge in [-0.25, -0.2) is 8.98 Å². The highest BCUT2D eigenvalue weighted by atomic mass is 32.3. The quantitative estimate of drug-likeness (QED) is 0.159. The molecule has 2 fully saturated rings. The number of amides is 1. The molecule has 2 aliphatic heterocycles. The van der Waals surface area contributed by atoms with Crippen molar-refractivity contribution in [1.29, 1.82) is 0 Å². The Bertz CT molecular complexity index is 761. The number of hydrogen-bond donors (Lipinski definition) is 8. The summed E-state index contributed by atoms with van der Waals surface area (Å²) in [6.45, 7) is 0.205. The molecule has 31 heavy (non-hydrogen) atoms. The third-order valence-corrected chi connectivity index (χ3v) is 5.02. The lowest BCUT2D eigenvalue weighted by Gasteiger charge is -2.46. The number of aliphatic carboxylic acids is 1. The molecule has 0 radical (unpaired) electrons. The molecule has 0 aliphatic carbocycles. The van der Waals surface area contributed by atoms with Crippen molar-refractivity contribution in [2.24, 2.45) is 0 Å². The summed E-state index contributed by atoms with van der Waals surface area (Å²) in [7, 11) is -5.29. The summed E-state index contributed by atoms with van der Waals surface area (Å²) in [6, 6.07) is -1.54. The molecule has 16 nitrogen and oxygen atoms in total. The molecule has 8 N–H and O–H groups in total. The molecule has 0 aromatic carbocycles. The molecule has 2 heterocycles.